The molecule has 1 unspecified atom stereocenters. The first-order valence-corrected chi connectivity index (χ1v) is 6.84. The highest BCUT2D eigenvalue weighted by Gasteiger charge is 2.20. The SMILES string of the molecule is CNC(C(=O)Nc1ccc(NC(C)=O)cc1)c1cnn(C)c1. The van der Waals surface area contributed by atoms with Gasteiger partial charge in [-0.05, 0) is 31.3 Å². The van der Waals surface area contributed by atoms with Gasteiger partial charge in [0, 0.05) is 37.1 Å². The summed E-state index contributed by atoms with van der Waals surface area (Å²) < 4.78 is 1.65. The van der Waals surface area contributed by atoms with E-state index in [9.17, 15) is 9.59 Å². The lowest BCUT2D eigenvalue weighted by Gasteiger charge is -2.14. The molecule has 2 amide bonds. The maximum atomic E-state index is 12.3. The molecular formula is C15H19N5O2. The van der Waals surface area contributed by atoms with E-state index in [1.54, 1.807) is 55.4 Å². The molecule has 1 heterocycles. The Hall–Kier alpha value is -2.67. The van der Waals surface area contributed by atoms with E-state index in [-0.39, 0.29) is 11.8 Å². The van der Waals surface area contributed by atoms with Gasteiger partial charge in [0.2, 0.25) is 11.8 Å². The number of benzene rings is 1. The van der Waals surface area contributed by atoms with Crippen LogP contribution in [0.4, 0.5) is 11.4 Å². The zero-order chi connectivity index (χ0) is 16.1. The Morgan fingerprint density at radius 3 is 2.18 bits per heavy atom. The fourth-order valence-corrected chi connectivity index (χ4v) is 2.09. The Labute approximate surface area is 128 Å². The van der Waals surface area contributed by atoms with E-state index in [2.05, 4.69) is 21.0 Å². The van der Waals surface area contributed by atoms with Crippen molar-refractivity contribution in [2.45, 2.75) is 13.0 Å². The van der Waals surface area contributed by atoms with Crippen molar-refractivity contribution in [2.24, 2.45) is 7.05 Å². The molecule has 116 valence electrons. The zero-order valence-electron chi connectivity index (χ0n) is 12.8. The molecule has 2 rings (SSSR count). The molecular weight excluding hydrogens is 282 g/mol. The van der Waals surface area contributed by atoms with E-state index in [0.29, 0.717) is 11.4 Å². The van der Waals surface area contributed by atoms with Crippen molar-refractivity contribution >= 4 is 23.2 Å². The number of amides is 2. The Bertz CT molecular complexity index is 663. The van der Waals surface area contributed by atoms with Crippen LogP contribution in [0.25, 0.3) is 0 Å². The molecule has 3 N–H and O–H groups in total. The predicted octanol–water partition coefficient (Wildman–Crippen LogP) is 1.28. The van der Waals surface area contributed by atoms with Gasteiger partial charge in [0.1, 0.15) is 6.04 Å². The number of anilines is 2. The summed E-state index contributed by atoms with van der Waals surface area (Å²) in [6.45, 7) is 1.45. The molecule has 0 bridgehead atoms. The predicted molar refractivity (Wildman–Crippen MR) is 84.4 cm³/mol. The Kier molecular flexibility index (Phi) is 4.90. The molecule has 0 saturated heterocycles. The number of nitrogens with one attached hydrogen (secondary N) is 3. The monoisotopic (exact) mass is 301 g/mol. The summed E-state index contributed by atoms with van der Waals surface area (Å²) in [5.74, 6) is -0.314. The van der Waals surface area contributed by atoms with Crippen LogP contribution in [0, 0.1) is 0 Å². The van der Waals surface area contributed by atoms with Crippen LogP contribution in [0.5, 0.6) is 0 Å². The number of aromatic nitrogens is 2. The third-order valence-corrected chi connectivity index (χ3v) is 3.08. The van der Waals surface area contributed by atoms with E-state index >= 15 is 0 Å². The number of likely N-dealkylation sites (N-methyl/N-ethyl adjacent to an activating group) is 1. The highest BCUT2D eigenvalue weighted by atomic mass is 16.2. The number of carbonyl (C=O) groups excluding carboxylic acids is 2. The first kappa shape index (κ1) is 15.7. The van der Waals surface area contributed by atoms with Crippen molar-refractivity contribution < 1.29 is 9.59 Å². The minimum absolute atomic E-state index is 0.136. The Balaban J connectivity index is 2.05. The van der Waals surface area contributed by atoms with Crippen LogP contribution in [0.2, 0.25) is 0 Å². The molecule has 7 nitrogen and oxygen atoms in total. The van der Waals surface area contributed by atoms with Crippen molar-refractivity contribution in [2.75, 3.05) is 17.7 Å². The van der Waals surface area contributed by atoms with Gasteiger partial charge in [-0.15, -0.1) is 0 Å². The number of carbonyl (C=O) groups is 2. The Morgan fingerprint density at radius 1 is 1.14 bits per heavy atom. The van der Waals surface area contributed by atoms with Crippen LogP contribution in [0.1, 0.15) is 18.5 Å². The van der Waals surface area contributed by atoms with Crippen molar-refractivity contribution in [3.05, 3.63) is 42.2 Å². The molecule has 1 atom stereocenters. The number of rotatable bonds is 5. The topological polar surface area (TPSA) is 88.1 Å². The maximum Gasteiger partial charge on any atom is 0.246 e. The number of hydrogen-bond acceptors (Lipinski definition) is 4. The van der Waals surface area contributed by atoms with Gasteiger partial charge in [-0.2, -0.15) is 5.10 Å². The normalized spacial score (nSPS) is 11.8. The van der Waals surface area contributed by atoms with Crippen molar-refractivity contribution in [3.8, 4) is 0 Å². The van der Waals surface area contributed by atoms with Gasteiger partial charge in [0.15, 0.2) is 0 Å². The lowest BCUT2D eigenvalue weighted by Crippen LogP contribution is -2.30. The zero-order valence-corrected chi connectivity index (χ0v) is 12.8. The highest BCUT2D eigenvalue weighted by molar-refractivity contribution is 5.96. The van der Waals surface area contributed by atoms with Gasteiger partial charge in [-0.1, -0.05) is 0 Å². The van der Waals surface area contributed by atoms with Gasteiger partial charge >= 0.3 is 0 Å². The van der Waals surface area contributed by atoms with E-state index in [1.165, 1.54) is 6.92 Å². The smallest absolute Gasteiger partial charge is 0.246 e. The fraction of sp³-hybridized carbons (Fsp3) is 0.267. The summed E-state index contributed by atoms with van der Waals surface area (Å²) in [7, 11) is 3.52. The van der Waals surface area contributed by atoms with Gasteiger partial charge in [0.25, 0.3) is 0 Å². The van der Waals surface area contributed by atoms with Crippen molar-refractivity contribution in [1.82, 2.24) is 15.1 Å². The largest absolute Gasteiger partial charge is 0.326 e. The molecule has 2 aromatic rings. The molecule has 0 saturated carbocycles. The lowest BCUT2D eigenvalue weighted by molar-refractivity contribution is -0.118. The summed E-state index contributed by atoms with van der Waals surface area (Å²) in [5, 5.41) is 12.5. The van der Waals surface area contributed by atoms with E-state index in [4.69, 9.17) is 0 Å². The first-order chi connectivity index (χ1) is 10.5. The van der Waals surface area contributed by atoms with E-state index in [1.807, 2.05) is 0 Å². The summed E-state index contributed by atoms with van der Waals surface area (Å²) >= 11 is 0. The third kappa shape index (κ3) is 3.92. The number of aryl methyl sites for hydroxylation is 1. The van der Waals surface area contributed by atoms with Gasteiger partial charge < -0.3 is 16.0 Å². The molecule has 0 fully saturated rings. The summed E-state index contributed by atoms with van der Waals surface area (Å²) in [5.41, 5.74) is 2.13. The minimum Gasteiger partial charge on any atom is -0.326 e. The van der Waals surface area contributed by atoms with Crippen molar-refractivity contribution in [1.29, 1.82) is 0 Å². The number of hydrogen-bond donors (Lipinski definition) is 3. The molecule has 7 heteroatoms. The second-order valence-corrected chi connectivity index (χ2v) is 4.92. The minimum atomic E-state index is -0.483. The standard InChI is InChI=1S/C15H19N5O2/c1-10(21)18-12-4-6-13(7-5-12)19-15(22)14(16-2)11-8-17-20(3)9-11/h4-9,14,16H,1-3H3,(H,18,21)(H,19,22). The quantitative estimate of drug-likeness (QED) is 0.776. The molecule has 0 aliphatic rings. The van der Waals surface area contributed by atoms with Gasteiger partial charge in [0.05, 0.1) is 6.20 Å². The molecule has 0 aliphatic carbocycles. The van der Waals surface area contributed by atoms with Crippen LogP contribution >= 0.6 is 0 Å². The van der Waals surface area contributed by atoms with E-state index in [0.717, 1.165) is 5.56 Å². The highest BCUT2D eigenvalue weighted by Crippen LogP contribution is 2.17. The van der Waals surface area contributed by atoms with Crippen LogP contribution in [-0.2, 0) is 16.6 Å². The lowest BCUT2D eigenvalue weighted by atomic mass is 10.1. The fourth-order valence-electron chi connectivity index (χ4n) is 2.09. The second-order valence-electron chi connectivity index (χ2n) is 4.92. The maximum absolute atomic E-state index is 12.3. The average Bonchev–Trinajstić information content (AvgIpc) is 2.87. The molecule has 1 aromatic carbocycles. The van der Waals surface area contributed by atoms with Crippen LogP contribution in [0.15, 0.2) is 36.7 Å². The molecule has 0 aliphatic heterocycles. The molecule has 22 heavy (non-hydrogen) atoms. The number of nitrogens with zero attached hydrogens (tertiary/aromatic N) is 2. The van der Waals surface area contributed by atoms with E-state index < -0.39 is 6.04 Å². The summed E-state index contributed by atoms with van der Waals surface area (Å²) in [6.07, 6.45) is 3.45. The molecule has 1 aromatic heterocycles. The van der Waals surface area contributed by atoms with Crippen molar-refractivity contribution in [3.63, 3.8) is 0 Å². The molecule has 0 spiro atoms. The average molecular weight is 301 g/mol. The first-order valence-electron chi connectivity index (χ1n) is 6.84. The Morgan fingerprint density at radius 2 is 1.73 bits per heavy atom. The van der Waals surface area contributed by atoms with Crippen LogP contribution in [-0.4, -0.2) is 28.6 Å². The van der Waals surface area contributed by atoms with Crippen LogP contribution < -0.4 is 16.0 Å². The summed E-state index contributed by atoms with van der Waals surface area (Å²) in [6, 6.07) is 6.45. The second kappa shape index (κ2) is 6.86. The van der Waals surface area contributed by atoms with Crippen LogP contribution in [0.3, 0.4) is 0 Å². The third-order valence-electron chi connectivity index (χ3n) is 3.08. The van der Waals surface area contributed by atoms with Gasteiger partial charge in [-0.25, -0.2) is 0 Å². The van der Waals surface area contributed by atoms with Gasteiger partial charge in [-0.3, -0.25) is 14.3 Å². The summed E-state index contributed by atoms with van der Waals surface area (Å²) in [4.78, 5) is 23.3. The molecule has 0 radical (unpaired) electrons.